The Kier molecular flexibility index (Phi) is 3.71. The van der Waals surface area contributed by atoms with Crippen LogP contribution in [-0.2, 0) is 19.5 Å². The Morgan fingerprint density at radius 3 is 3.04 bits per heavy atom. The number of pyridine rings is 1. The molecule has 0 spiro atoms. The van der Waals surface area contributed by atoms with Crippen molar-refractivity contribution in [3.8, 4) is 17.1 Å². The Hall–Kier alpha value is -2.73. The van der Waals surface area contributed by atoms with E-state index in [1.807, 2.05) is 23.0 Å². The number of fused-ring (bicyclic) bond motifs is 2. The van der Waals surface area contributed by atoms with Gasteiger partial charge in [-0.2, -0.15) is 5.10 Å². The minimum absolute atomic E-state index is 0.316. The van der Waals surface area contributed by atoms with Crippen molar-refractivity contribution in [2.75, 3.05) is 13.2 Å². The topological polar surface area (TPSA) is 56.1 Å². The van der Waals surface area contributed by atoms with Gasteiger partial charge in [-0.1, -0.05) is 12.1 Å². The number of rotatable bonds is 3. The Labute approximate surface area is 152 Å². The van der Waals surface area contributed by atoms with Gasteiger partial charge in [-0.15, -0.1) is 0 Å². The third-order valence-electron chi connectivity index (χ3n) is 5.36. The Morgan fingerprint density at radius 1 is 1.19 bits per heavy atom. The first kappa shape index (κ1) is 15.5. The lowest BCUT2D eigenvalue weighted by Crippen LogP contribution is -2.36. The summed E-state index contributed by atoms with van der Waals surface area (Å²) in [6.45, 7) is 5.67. The van der Waals surface area contributed by atoms with Crippen LogP contribution in [0.3, 0.4) is 0 Å². The van der Waals surface area contributed by atoms with Crippen LogP contribution in [0.15, 0.2) is 42.7 Å². The van der Waals surface area contributed by atoms with E-state index in [0.717, 1.165) is 55.6 Å². The molecule has 26 heavy (non-hydrogen) atoms. The molecule has 1 aromatic carbocycles. The standard InChI is InChI=1S/C20H21N5O/c1-14(16-5-4-15-6-10-26-18(15)11-16)24-8-9-25-19(13-24)22-20(23-25)17-3-2-7-21-12-17/h2-5,7,11-12,14H,6,8-10,13H2,1H3. The number of nitrogens with zero attached hydrogens (tertiary/aromatic N) is 5. The number of aromatic nitrogens is 4. The smallest absolute Gasteiger partial charge is 0.182 e. The third-order valence-corrected chi connectivity index (χ3v) is 5.36. The van der Waals surface area contributed by atoms with E-state index in [4.69, 9.17) is 9.72 Å². The van der Waals surface area contributed by atoms with E-state index in [2.05, 4.69) is 40.1 Å². The molecule has 0 amide bonds. The van der Waals surface area contributed by atoms with Gasteiger partial charge in [-0.25, -0.2) is 9.67 Å². The number of ether oxygens (including phenoxy) is 1. The summed E-state index contributed by atoms with van der Waals surface area (Å²) < 4.78 is 7.76. The van der Waals surface area contributed by atoms with Crippen LogP contribution in [0.2, 0.25) is 0 Å². The van der Waals surface area contributed by atoms with Gasteiger partial charge < -0.3 is 4.74 Å². The van der Waals surface area contributed by atoms with Crippen molar-refractivity contribution in [3.63, 3.8) is 0 Å². The quantitative estimate of drug-likeness (QED) is 0.729. The summed E-state index contributed by atoms with van der Waals surface area (Å²) in [6, 6.07) is 10.9. The molecule has 2 aliphatic heterocycles. The lowest BCUT2D eigenvalue weighted by atomic mass is 10.0. The molecule has 0 bridgehead atoms. The van der Waals surface area contributed by atoms with Gasteiger partial charge in [-0.3, -0.25) is 9.88 Å². The molecule has 0 fully saturated rings. The van der Waals surface area contributed by atoms with Gasteiger partial charge in [0.2, 0.25) is 0 Å². The summed E-state index contributed by atoms with van der Waals surface area (Å²) >= 11 is 0. The first-order valence-corrected chi connectivity index (χ1v) is 9.12. The summed E-state index contributed by atoms with van der Waals surface area (Å²) in [4.78, 5) is 11.4. The number of hydrogen-bond donors (Lipinski definition) is 0. The lowest BCUT2D eigenvalue weighted by Gasteiger charge is -2.32. The van der Waals surface area contributed by atoms with E-state index in [0.29, 0.717) is 6.04 Å². The van der Waals surface area contributed by atoms with E-state index in [1.54, 1.807) is 6.20 Å². The first-order chi connectivity index (χ1) is 12.8. The lowest BCUT2D eigenvalue weighted by molar-refractivity contribution is 0.158. The molecule has 2 aromatic heterocycles. The molecule has 132 valence electrons. The minimum Gasteiger partial charge on any atom is -0.493 e. The maximum absolute atomic E-state index is 5.73. The van der Waals surface area contributed by atoms with Gasteiger partial charge in [-0.05, 0) is 36.2 Å². The zero-order chi connectivity index (χ0) is 17.5. The van der Waals surface area contributed by atoms with Gasteiger partial charge in [0.1, 0.15) is 11.6 Å². The molecule has 6 nitrogen and oxygen atoms in total. The average Bonchev–Trinajstić information content (AvgIpc) is 3.33. The van der Waals surface area contributed by atoms with Gasteiger partial charge in [0.15, 0.2) is 5.82 Å². The van der Waals surface area contributed by atoms with Crippen molar-refractivity contribution in [1.82, 2.24) is 24.6 Å². The molecule has 5 rings (SSSR count). The van der Waals surface area contributed by atoms with Gasteiger partial charge >= 0.3 is 0 Å². The second-order valence-corrected chi connectivity index (χ2v) is 6.93. The predicted molar refractivity (Wildman–Crippen MR) is 97.7 cm³/mol. The molecule has 3 aromatic rings. The highest BCUT2D eigenvalue weighted by Crippen LogP contribution is 2.32. The molecule has 0 saturated carbocycles. The number of hydrogen-bond acceptors (Lipinski definition) is 5. The fraction of sp³-hybridized carbons (Fsp3) is 0.350. The van der Waals surface area contributed by atoms with E-state index in [1.165, 1.54) is 11.1 Å². The van der Waals surface area contributed by atoms with Crippen molar-refractivity contribution in [2.45, 2.75) is 32.5 Å². The average molecular weight is 347 g/mol. The second-order valence-electron chi connectivity index (χ2n) is 6.93. The van der Waals surface area contributed by atoms with E-state index >= 15 is 0 Å². The maximum atomic E-state index is 5.73. The van der Waals surface area contributed by atoms with Gasteiger partial charge in [0.05, 0.1) is 19.7 Å². The van der Waals surface area contributed by atoms with Crippen LogP contribution in [0, 0.1) is 0 Å². The fourth-order valence-corrected chi connectivity index (χ4v) is 3.76. The highest BCUT2D eigenvalue weighted by molar-refractivity contribution is 5.52. The molecule has 0 aliphatic carbocycles. The molecule has 0 saturated heterocycles. The van der Waals surface area contributed by atoms with Crippen LogP contribution in [0.25, 0.3) is 11.4 Å². The van der Waals surface area contributed by atoms with Crippen LogP contribution in [-0.4, -0.2) is 37.8 Å². The normalized spacial score (nSPS) is 17.4. The highest BCUT2D eigenvalue weighted by Gasteiger charge is 2.25. The molecular formula is C20H21N5O. The summed E-state index contributed by atoms with van der Waals surface area (Å²) in [5.74, 6) is 2.82. The molecule has 0 N–H and O–H groups in total. The van der Waals surface area contributed by atoms with Crippen LogP contribution >= 0.6 is 0 Å². The van der Waals surface area contributed by atoms with Gasteiger partial charge in [0.25, 0.3) is 0 Å². The van der Waals surface area contributed by atoms with Gasteiger partial charge in [0, 0.05) is 37.0 Å². The molecular weight excluding hydrogens is 326 g/mol. The summed E-state index contributed by atoms with van der Waals surface area (Å²) in [5.41, 5.74) is 3.58. The SMILES string of the molecule is CC(c1ccc2c(c1)OCC2)N1CCn2nc(-c3cccnc3)nc2C1. The Morgan fingerprint density at radius 2 is 2.15 bits per heavy atom. The summed E-state index contributed by atoms with van der Waals surface area (Å²) in [6.07, 6.45) is 4.60. The summed E-state index contributed by atoms with van der Waals surface area (Å²) in [5, 5.41) is 4.65. The zero-order valence-corrected chi connectivity index (χ0v) is 14.8. The van der Waals surface area contributed by atoms with Crippen molar-refractivity contribution < 1.29 is 4.74 Å². The van der Waals surface area contributed by atoms with E-state index in [-0.39, 0.29) is 0 Å². The second kappa shape index (κ2) is 6.21. The largest absolute Gasteiger partial charge is 0.493 e. The molecule has 6 heteroatoms. The van der Waals surface area contributed by atoms with E-state index < -0.39 is 0 Å². The Balaban J connectivity index is 1.38. The highest BCUT2D eigenvalue weighted by atomic mass is 16.5. The van der Waals surface area contributed by atoms with Crippen molar-refractivity contribution >= 4 is 0 Å². The van der Waals surface area contributed by atoms with Crippen LogP contribution in [0.1, 0.15) is 29.9 Å². The first-order valence-electron chi connectivity index (χ1n) is 9.12. The van der Waals surface area contributed by atoms with Crippen molar-refractivity contribution in [1.29, 1.82) is 0 Å². The van der Waals surface area contributed by atoms with Crippen LogP contribution in [0.5, 0.6) is 5.75 Å². The molecule has 1 unspecified atom stereocenters. The minimum atomic E-state index is 0.316. The maximum Gasteiger partial charge on any atom is 0.182 e. The molecule has 2 aliphatic rings. The van der Waals surface area contributed by atoms with Crippen LogP contribution < -0.4 is 4.74 Å². The predicted octanol–water partition coefficient (Wildman–Crippen LogP) is 2.85. The Bertz CT molecular complexity index is 937. The van der Waals surface area contributed by atoms with Crippen molar-refractivity contribution in [3.05, 3.63) is 59.7 Å². The third kappa shape index (κ3) is 2.66. The molecule has 0 radical (unpaired) electrons. The summed E-state index contributed by atoms with van der Waals surface area (Å²) in [7, 11) is 0. The zero-order valence-electron chi connectivity index (χ0n) is 14.8. The van der Waals surface area contributed by atoms with Crippen LogP contribution in [0.4, 0.5) is 0 Å². The fourth-order valence-electron chi connectivity index (χ4n) is 3.76. The monoisotopic (exact) mass is 347 g/mol. The molecule has 4 heterocycles. The molecule has 1 atom stereocenters. The van der Waals surface area contributed by atoms with E-state index in [9.17, 15) is 0 Å². The number of benzene rings is 1. The van der Waals surface area contributed by atoms with Crippen molar-refractivity contribution in [2.24, 2.45) is 0 Å².